The Kier molecular flexibility index (Phi) is 3.16. The number of hydrogen-bond acceptors (Lipinski definition) is 6. The number of fused-ring (bicyclic) bond motifs is 2. The number of nitrogens with zero attached hydrogens (tertiary/aromatic N) is 3. The second-order valence-corrected chi connectivity index (χ2v) is 5.16. The lowest BCUT2D eigenvalue weighted by Crippen LogP contribution is -2.26. The molecule has 0 aliphatic carbocycles. The molecule has 23 heavy (non-hydrogen) atoms. The van der Waals surface area contributed by atoms with E-state index < -0.39 is 12.2 Å². The number of pyridine rings is 2. The third kappa shape index (κ3) is 2.29. The predicted molar refractivity (Wildman–Crippen MR) is 81.7 cm³/mol. The van der Waals surface area contributed by atoms with Crippen LogP contribution in [0.3, 0.4) is 0 Å². The van der Waals surface area contributed by atoms with Crippen LogP contribution in [-0.2, 0) is 4.74 Å². The summed E-state index contributed by atoms with van der Waals surface area (Å²) in [5.74, 6) is 0. The van der Waals surface area contributed by atoms with Crippen molar-refractivity contribution in [2.75, 3.05) is 11.9 Å². The number of aliphatic hydroxyl groups is 1. The van der Waals surface area contributed by atoms with Gasteiger partial charge >= 0.3 is 6.09 Å². The quantitative estimate of drug-likeness (QED) is 0.682. The molecule has 1 amide bonds. The van der Waals surface area contributed by atoms with Crippen LogP contribution in [0.4, 0.5) is 10.5 Å². The number of aliphatic hydroxyl groups excluding tert-OH is 1. The Labute approximate surface area is 130 Å². The third-order valence-corrected chi connectivity index (χ3v) is 3.70. The van der Waals surface area contributed by atoms with Crippen molar-refractivity contribution in [1.82, 2.24) is 20.2 Å². The van der Waals surface area contributed by atoms with Crippen LogP contribution in [0.15, 0.2) is 30.6 Å². The lowest BCUT2D eigenvalue weighted by Gasteiger charge is -2.24. The van der Waals surface area contributed by atoms with Gasteiger partial charge in [0.25, 0.3) is 0 Å². The number of anilines is 1. The first-order valence-corrected chi connectivity index (χ1v) is 7.14. The van der Waals surface area contributed by atoms with Crippen molar-refractivity contribution in [3.8, 4) is 11.3 Å². The van der Waals surface area contributed by atoms with E-state index >= 15 is 0 Å². The summed E-state index contributed by atoms with van der Waals surface area (Å²) >= 11 is 0. The van der Waals surface area contributed by atoms with Crippen LogP contribution in [0, 0.1) is 0 Å². The maximum Gasteiger partial charge on any atom is 0.412 e. The molecule has 0 aromatic carbocycles. The van der Waals surface area contributed by atoms with E-state index in [1.165, 1.54) is 0 Å². The standard InChI is InChI=1S/C15H13N5O3/c21-6-3-11-13-9(17-15(22)23-11)7-10-14(18-13)12(20-19-10)8-1-4-16-5-2-8/h1-2,4-5,7,11,21H,3,6H2,(H,17,22)(H,19,20). The van der Waals surface area contributed by atoms with E-state index in [1.807, 2.05) is 12.1 Å². The molecule has 0 saturated heterocycles. The van der Waals surface area contributed by atoms with Crippen LogP contribution in [0.1, 0.15) is 18.2 Å². The number of ether oxygens (including phenoxy) is 1. The predicted octanol–water partition coefficient (Wildman–Crippen LogP) is 2.01. The van der Waals surface area contributed by atoms with Gasteiger partial charge in [-0.1, -0.05) is 0 Å². The Bertz CT molecular complexity index is 877. The van der Waals surface area contributed by atoms with Gasteiger partial charge in [-0.25, -0.2) is 9.78 Å². The zero-order valence-electron chi connectivity index (χ0n) is 12.0. The fourth-order valence-corrected chi connectivity index (χ4v) is 2.66. The highest BCUT2D eigenvalue weighted by atomic mass is 16.6. The molecule has 0 fully saturated rings. The zero-order chi connectivity index (χ0) is 15.8. The summed E-state index contributed by atoms with van der Waals surface area (Å²) < 4.78 is 5.21. The number of carbonyl (C=O) groups excluding carboxylic acids is 1. The normalized spacial score (nSPS) is 16.7. The zero-order valence-corrected chi connectivity index (χ0v) is 12.0. The molecule has 4 rings (SSSR count). The molecule has 0 bridgehead atoms. The van der Waals surface area contributed by atoms with Gasteiger partial charge in [0.05, 0.1) is 11.2 Å². The van der Waals surface area contributed by atoms with Gasteiger partial charge in [0, 0.05) is 31.0 Å². The number of aromatic amines is 1. The molecular weight excluding hydrogens is 298 g/mol. The van der Waals surface area contributed by atoms with E-state index in [0.29, 0.717) is 34.5 Å². The summed E-state index contributed by atoms with van der Waals surface area (Å²) in [4.78, 5) is 20.2. The van der Waals surface area contributed by atoms with Crippen LogP contribution >= 0.6 is 0 Å². The SMILES string of the molecule is O=C1Nc2cc3[nH]nc(-c4ccncc4)c3nc2C(CCO)O1. The van der Waals surface area contributed by atoms with Gasteiger partial charge in [0.15, 0.2) is 0 Å². The average Bonchev–Trinajstić information content (AvgIpc) is 2.97. The molecule has 0 saturated carbocycles. The van der Waals surface area contributed by atoms with Gasteiger partial charge in [-0.3, -0.25) is 15.4 Å². The number of hydrogen-bond donors (Lipinski definition) is 3. The topological polar surface area (TPSA) is 113 Å². The summed E-state index contributed by atoms with van der Waals surface area (Å²) in [6, 6.07) is 5.47. The average molecular weight is 311 g/mol. The van der Waals surface area contributed by atoms with Crippen molar-refractivity contribution in [2.24, 2.45) is 0 Å². The molecule has 1 aliphatic heterocycles. The minimum atomic E-state index is -0.576. The van der Waals surface area contributed by atoms with Crippen molar-refractivity contribution in [2.45, 2.75) is 12.5 Å². The third-order valence-electron chi connectivity index (χ3n) is 3.70. The van der Waals surface area contributed by atoms with Gasteiger partial charge in [0.1, 0.15) is 23.0 Å². The van der Waals surface area contributed by atoms with Gasteiger partial charge in [0.2, 0.25) is 0 Å². The molecule has 8 nitrogen and oxygen atoms in total. The van der Waals surface area contributed by atoms with Crippen molar-refractivity contribution in [1.29, 1.82) is 0 Å². The Morgan fingerprint density at radius 1 is 1.30 bits per heavy atom. The van der Waals surface area contributed by atoms with Crippen molar-refractivity contribution < 1.29 is 14.6 Å². The minimum Gasteiger partial charge on any atom is -0.439 e. The number of nitrogens with one attached hydrogen (secondary N) is 2. The molecule has 8 heteroatoms. The number of cyclic esters (lactones) is 1. The molecule has 0 spiro atoms. The van der Waals surface area contributed by atoms with E-state index in [9.17, 15) is 9.90 Å². The maximum absolute atomic E-state index is 11.6. The minimum absolute atomic E-state index is 0.0975. The fraction of sp³-hybridized carbons (Fsp3) is 0.200. The van der Waals surface area contributed by atoms with Crippen LogP contribution < -0.4 is 5.32 Å². The lowest BCUT2D eigenvalue weighted by molar-refractivity contribution is 0.0847. The summed E-state index contributed by atoms with van der Waals surface area (Å²) in [6.07, 6.45) is 2.54. The first-order valence-electron chi connectivity index (χ1n) is 7.14. The Morgan fingerprint density at radius 2 is 2.13 bits per heavy atom. The lowest BCUT2D eigenvalue weighted by atomic mass is 10.1. The van der Waals surface area contributed by atoms with Gasteiger partial charge in [-0.15, -0.1) is 0 Å². The molecule has 3 aromatic rings. The second kappa shape index (κ2) is 5.33. The van der Waals surface area contributed by atoms with E-state index in [-0.39, 0.29) is 6.61 Å². The van der Waals surface area contributed by atoms with E-state index in [4.69, 9.17) is 4.74 Å². The molecule has 1 aliphatic rings. The monoisotopic (exact) mass is 311 g/mol. The molecule has 3 N–H and O–H groups in total. The maximum atomic E-state index is 11.6. The number of rotatable bonds is 3. The van der Waals surface area contributed by atoms with Crippen molar-refractivity contribution in [3.63, 3.8) is 0 Å². The van der Waals surface area contributed by atoms with Crippen LogP contribution in [0.25, 0.3) is 22.3 Å². The largest absolute Gasteiger partial charge is 0.439 e. The first-order chi connectivity index (χ1) is 11.3. The number of amides is 1. The Hall–Kier alpha value is -3.00. The second-order valence-electron chi connectivity index (χ2n) is 5.16. The van der Waals surface area contributed by atoms with Gasteiger partial charge in [-0.2, -0.15) is 5.10 Å². The van der Waals surface area contributed by atoms with Crippen LogP contribution in [-0.4, -0.2) is 38.0 Å². The van der Waals surface area contributed by atoms with Gasteiger partial charge < -0.3 is 9.84 Å². The number of aromatic nitrogens is 4. The van der Waals surface area contributed by atoms with Crippen molar-refractivity contribution in [3.05, 3.63) is 36.3 Å². The van der Waals surface area contributed by atoms with Crippen LogP contribution in [0.5, 0.6) is 0 Å². The summed E-state index contributed by atoms with van der Waals surface area (Å²) in [7, 11) is 0. The fourth-order valence-electron chi connectivity index (χ4n) is 2.66. The first kappa shape index (κ1) is 13.6. The van der Waals surface area contributed by atoms with E-state index in [2.05, 4.69) is 25.5 Å². The molecule has 1 unspecified atom stereocenters. The Morgan fingerprint density at radius 3 is 2.91 bits per heavy atom. The molecule has 1 atom stereocenters. The molecule has 0 radical (unpaired) electrons. The molecule has 4 heterocycles. The van der Waals surface area contributed by atoms with E-state index in [0.717, 1.165) is 5.56 Å². The Balaban J connectivity index is 1.88. The highest BCUT2D eigenvalue weighted by molar-refractivity contribution is 5.95. The highest BCUT2D eigenvalue weighted by Crippen LogP contribution is 2.35. The number of H-pyrrole nitrogens is 1. The summed E-state index contributed by atoms with van der Waals surface area (Å²) in [6.45, 7) is -0.0975. The van der Waals surface area contributed by atoms with E-state index in [1.54, 1.807) is 18.5 Å². The molecule has 3 aromatic heterocycles. The number of carbonyl (C=O) groups is 1. The van der Waals surface area contributed by atoms with Crippen LogP contribution in [0.2, 0.25) is 0 Å². The summed E-state index contributed by atoms with van der Waals surface area (Å²) in [5, 5.41) is 19.0. The molecular formula is C15H13N5O3. The van der Waals surface area contributed by atoms with Crippen molar-refractivity contribution >= 4 is 22.8 Å². The highest BCUT2D eigenvalue weighted by Gasteiger charge is 2.28. The summed E-state index contributed by atoms with van der Waals surface area (Å²) in [5.41, 5.74) is 4.13. The smallest absolute Gasteiger partial charge is 0.412 e. The molecule has 116 valence electrons. The van der Waals surface area contributed by atoms with Gasteiger partial charge in [-0.05, 0) is 18.2 Å².